The third-order valence-electron chi connectivity index (χ3n) is 4.42. The molecule has 0 amide bonds. The van der Waals surface area contributed by atoms with Crippen molar-refractivity contribution in [1.82, 2.24) is 34.8 Å². The first-order chi connectivity index (χ1) is 12.6. The van der Waals surface area contributed by atoms with E-state index in [0.29, 0.717) is 36.0 Å². The predicted octanol–water partition coefficient (Wildman–Crippen LogP) is 1.03. The van der Waals surface area contributed by atoms with Crippen LogP contribution in [0.15, 0.2) is 5.38 Å². The Hall–Kier alpha value is -2.17. The normalized spacial score (nSPS) is 18.6. The van der Waals surface area contributed by atoms with E-state index < -0.39 is 0 Å². The minimum absolute atomic E-state index is 0.0238. The summed E-state index contributed by atoms with van der Waals surface area (Å²) >= 11 is 1.73. The maximum atomic E-state index is 5.93. The molecule has 4 heterocycles. The van der Waals surface area contributed by atoms with Gasteiger partial charge in [0.2, 0.25) is 0 Å². The average Bonchev–Trinajstić information content (AvgIpc) is 3.23. The van der Waals surface area contributed by atoms with E-state index in [0.717, 1.165) is 36.8 Å². The number of hydrogen-bond acceptors (Lipinski definition) is 9. The molecule has 138 valence electrons. The topological polar surface area (TPSA) is 108 Å². The van der Waals surface area contributed by atoms with Crippen LogP contribution in [0.5, 0.6) is 0 Å². The number of morpholine rings is 1. The van der Waals surface area contributed by atoms with Gasteiger partial charge in [0.1, 0.15) is 10.8 Å². The molecule has 26 heavy (non-hydrogen) atoms. The molecular formula is C16H22N8OS. The second-order valence-corrected chi connectivity index (χ2v) is 7.36. The van der Waals surface area contributed by atoms with Gasteiger partial charge in [-0.05, 0) is 13.3 Å². The van der Waals surface area contributed by atoms with E-state index in [1.165, 1.54) is 0 Å². The van der Waals surface area contributed by atoms with Crippen molar-refractivity contribution in [3.05, 3.63) is 21.9 Å². The highest BCUT2D eigenvalue weighted by Gasteiger charge is 2.23. The maximum absolute atomic E-state index is 5.93. The zero-order valence-corrected chi connectivity index (χ0v) is 15.7. The average molecular weight is 374 g/mol. The zero-order valence-electron chi connectivity index (χ0n) is 14.9. The number of anilines is 1. The maximum Gasteiger partial charge on any atom is 0.184 e. The van der Waals surface area contributed by atoms with Gasteiger partial charge in [-0.15, -0.1) is 16.4 Å². The molecule has 0 saturated carbocycles. The molecular weight excluding hydrogens is 352 g/mol. The van der Waals surface area contributed by atoms with E-state index in [4.69, 9.17) is 10.5 Å². The molecule has 2 N–H and O–H groups in total. The van der Waals surface area contributed by atoms with Crippen LogP contribution in [-0.4, -0.2) is 60.6 Å². The number of ether oxygens (including phenoxy) is 1. The summed E-state index contributed by atoms with van der Waals surface area (Å²) in [5.74, 6) is 0.973. The lowest BCUT2D eigenvalue weighted by Crippen LogP contribution is -2.43. The van der Waals surface area contributed by atoms with Gasteiger partial charge < -0.3 is 10.5 Å². The smallest absolute Gasteiger partial charge is 0.184 e. The highest BCUT2D eigenvalue weighted by molar-refractivity contribution is 7.09. The van der Waals surface area contributed by atoms with Crippen LogP contribution in [0.4, 0.5) is 5.82 Å². The van der Waals surface area contributed by atoms with E-state index in [1.54, 1.807) is 16.0 Å². The number of aromatic nitrogens is 6. The number of hydrogen-bond donors (Lipinski definition) is 1. The minimum Gasteiger partial charge on any atom is -0.382 e. The lowest BCUT2D eigenvalue weighted by atomic mass is 10.2. The van der Waals surface area contributed by atoms with Gasteiger partial charge in [-0.25, -0.2) is 19.6 Å². The summed E-state index contributed by atoms with van der Waals surface area (Å²) in [4.78, 5) is 15.6. The largest absolute Gasteiger partial charge is 0.382 e. The van der Waals surface area contributed by atoms with E-state index in [2.05, 4.69) is 42.5 Å². The van der Waals surface area contributed by atoms with Gasteiger partial charge in [-0.1, -0.05) is 12.1 Å². The SMILES string of the molecule is CCc1csc(CN2CCO[C@@H](Cn3nnc4c(N)nc(C)nc43)C2)n1. The lowest BCUT2D eigenvalue weighted by molar-refractivity contribution is -0.0399. The van der Waals surface area contributed by atoms with Gasteiger partial charge in [-0.2, -0.15) is 0 Å². The summed E-state index contributed by atoms with van der Waals surface area (Å²) in [6.07, 6.45) is 1.00. The Bertz CT molecular complexity index is 907. The highest BCUT2D eigenvalue weighted by Crippen LogP contribution is 2.18. The molecule has 1 atom stereocenters. The molecule has 0 spiro atoms. The standard InChI is InChI=1S/C16H22N8OS/c1-3-11-9-26-13(20-11)8-23-4-5-25-12(6-23)7-24-16-14(21-22-24)15(17)18-10(2)19-16/h9,12H,3-8H2,1-2H3,(H2,17,18,19)/t12-/m1/s1. The Morgan fingerprint density at radius 2 is 2.23 bits per heavy atom. The summed E-state index contributed by atoms with van der Waals surface area (Å²) in [5, 5.41) is 11.6. The van der Waals surface area contributed by atoms with Gasteiger partial charge in [-0.3, -0.25) is 4.90 Å². The van der Waals surface area contributed by atoms with Crippen LogP contribution >= 0.6 is 11.3 Å². The molecule has 1 saturated heterocycles. The summed E-state index contributed by atoms with van der Waals surface area (Å²) in [5.41, 5.74) is 8.27. The molecule has 1 fully saturated rings. The Morgan fingerprint density at radius 3 is 3.04 bits per heavy atom. The number of fused-ring (bicyclic) bond motifs is 1. The molecule has 4 rings (SSSR count). The quantitative estimate of drug-likeness (QED) is 0.705. The van der Waals surface area contributed by atoms with Crippen LogP contribution in [0, 0.1) is 6.92 Å². The summed E-state index contributed by atoms with van der Waals surface area (Å²) in [6, 6.07) is 0. The molecule has 0 aromatic carbocycles. The number of thiazole rings is 1. The number of nitrogens with two attached hydrogens (primary N) is 1. The first-order valence-electron chi connectivity index (χ1n) is 8.73. The third kappa shape index (κ3) is 3.53. The Labute approximate surface area is 155 Å². The summed E-state index contributed by atoms with van der Waals surface area (Å²) < 4.78 is 7.69. The molecule has 0 bridgehead atoms. The van der Waals surface area contributed by atoms with E-state index in [1.807, 2.05) is 6.92 Å². The zero-order chi connectivity index (χ0) is 18.1. The van der Waals surface area contributed by atoms with E-state index in [-0.39, 0.29) is 6.10 Å². The van der Waals surface area contributed by atoms with Crippen LogP contribution in [0.2, 0.25) is 0 Å². The minimum atomic E-state index is 0.0238. The Morgan fingerprint density at radius 1 is 1.35 bits per heavy atom. The molecule has 9 nitrogen and oxygen atoms in total. The first-order valence-corrected chi connectivity index (χ1v) is 9.61. The van der Waals surface area contributed by atoms with Crippen molar-refractivity contribution in [1.29, 1.82) is 0 Å². The van der Waals surface area contributed by atoms with E-state index in [9.17, 15) is 0 Å². The monoisotopic (exact) mass is 374 g/mol. The fraction of sp³-hybridized carbons (Fsp3) is 0.562. The van der Waals surface area contributed by atoms with Crippen molar-refractivity contribution >= 4 is 28.3 Å². The molecule has 3 aromatic rings. The first kappa shape index (κ1) is 17.3. The van der Waals surface area contributed by atoms with Crippen molar-refractivity contribution in [2.75, 3.05) is 25.4 Å². The summed E-state index contributed by atoms with van der Waals surface area (Å²) in [6.45, 7) is 7.80. The number of nitrogen functional groups attached to an aromatic ring is 1. The van der Waals surface area contributed by atoms with Crippen molar-refractivity contribution in [3.63, 3.8) is 0 Å². The lowest BCUT2D eigenvalue weighted by Gasteiger charge is -2.32. The molecule has 0 radical (unpaired) electrons. The number of rotatable bonds is 5. The molecule has 1 aliphatic rings. The van der Waals surface area contributed by atoms with E-state index >= 15 is 0 Å². The van der Waals surface area contributed by atoms with Gasteiger partial charge in [0, 0.05) is 18.5 Å². The van der Waals surface area contributed by atoms with Crippen LogP contribution in [0.1, 0.15) is 23.4 Å². The van der Waals surface area contributed by atoms with Crippen molar-refractivity contribution in [2.24, 2.45) is 0 Å². The van der Waals surface area contributed by atoms with Crippen LogP contribution in [0.3, 0.4) is 0 Å². The molecule has 3 aromatic heterocycles. The second kappa shape index (κ2) is 7.22. The Balaban J connectivity index is 1.45. The van der Waals surface area contributed by atoms with Crippen molar-refractivity contribution in [2.45, 2.75) is 39.5 Å². The highest BCUT2D eigenvalue weighted by atomic mass is 32.1. The molecule has 0 unspecified atom stereocenters. The molecule has 1 aliphatic heterocycles. The second-order valence-electron chi connectivity index (χ2n) is 6.41. The van der Waals surface area contributed by atoms with Crippen molar-refractivity contribution in [3.8, 4) is 0 Å². The van der Waals surface area contributed by atoms with Gasteiger partial charge in [0.25, 0.3) is 0 Å². The number of aryl methyl sites for hydroxylation is 2. The predicted molar refractivity (Wildman–Crippen MR) is 98.8 cm³/mol. The van der Waals surface area contributed by atoms with Crippen LogP contribution in [-0.2, 0) is 24.2 Å². The molecule has 10 heteroatoms. The summed E-state index contributed by atoms with van der Waals surface area (Å²) in [7, 11) is 0. The van der Waals surface area contributed by atoms with Crippen LogP contribution < -0.4 is 5.73 Å². The van der Waals surface area contributed by atoms with Gasteiger partial charge >= 0.3 is 0 Å². The third-order valence-corrected chi connectivity index (χ3v) is 5.30. The Kier molecular flexibility index (Phi) is 4.79. The fourth-order valence-electron chi connectivity index (χ4n) is 3.12. The van der Waals surface area contributed by atoms with Crippen LogP contribution in [0.25, 0.3) is 11.2 Å². The fourth-order valence-corrected chi connectivity index (χ4v) is 4.03. The van der Waals surface area contributed by atoms with Gasteiger partial charge in [0.15, 0.2) is 17.0 Å². The number of nitrogens with zero attached hydrogens (tertiary/aromatic N) is 7. The van der Waals surface area contributed by atoms with Gasteiger partial charge in [0.05, 0.1) is 31.5 Å². The van der Waals surface area contributed by atoms with Crippen molar-refractivity contribution < 1.29 is 4.74 Å². The molecule has 0 aliphatic carbocycles.